The zero-order valence-corrected chi connectivity index (χ0v) is 16.9. The number of furan rings is 1. The number of carbonyl (C=O) groups is 1. The van der Waals surface area contributed by atoms with Gasteiger partial charge in [0.05, 0.1) is 11.6 Å². The molecule has 31 heavy (non-hydrogen) atoms. The van der Waals surface area contributed by atoms with E-state index in [0.717, 1.165) is 23.1 Å². The van der Waals surface area contributed by atoms with Gasteiger partial charge in [0.1, 0.15) is 17.2 Å². The van der Waals surface area contributed by atoms with Crippen molar-refractivity contribution in [3.05, 3.63) is 83.7 Å². The Balaban J connectivity index is 1.63. The quantitative estimate of drug-likeness (QED) is 0.478. The van der Waals surface area contributed by atoms with Crippen molar-refractivity contribution in [2.45, 2.75) is 12.5 Å². The summed E-state index contributed by atoms with van der Waals surface area (Å²) in [5.74, 6) is -0.172. The second-order valence-corrected chi connectivity index (χ2v) is 7.46. The summed E-state index contributed by atoms with van der Waals surface area (Å²) in [6, 6.07) is 20.2. The van der Waals surface area contributed by atoms with Crippen LogP contribution in [0.2, 0.25) is 0 Å². The molecule has 0 saturated heterocycles. The van der Waals surface area contributed by atoms with Gasteiger partial charge in [-0.15, -0.1) is 0 Å². The molecule has 1 atom stereocenters. The van der Waals surface area contributed by atoms with E-state index in [1.54, 1.807) is 19.2 Å². The molecule has 1 aliphatic rings. The monoisotopic (exact) mass is 413 g/mol. The summed E-state index contributed by atoms with van der Waals surface area (Å²) in [5, 5.41) is 7.51. The minimum Gasteiger partial charge on any atom is -0.455 e. The van der Waals surface area contributed by atoms with E-state index in [1.807, 2.05) is 36.5 Å². The molecule has 0 fully saturated rings. The number of amides is 1. The molecule has 6 heteroatoms. The van der Waals surface area contributed by atoms with Crippen molar-refractivity contribution in [2.24, 2.45) is 5.10 Å². The van der Waals surface area contributed by atoms with Gasteiger partial charge in [-0.05, 0) is 59.2 Å². The first-order chi connectivity index (χ1) is 15.1. The molecule has 1 amide bonds. The number of rotatable bonds is 4. The zero-order valence-electron chi connectivity index (χ0n) is 16.9. The summed E-state index contributed by atoms with van der Waals surface area (Å²) in [5.41, 5.74) is 7.97. The lowest BCUT2D eigenvalue weighted by molar-refractivity contribution is 0.0964. The van der Waals surface area contributed by atoms with E-state index in [1.165, 1.54) is 12.1 Å². The average molecular weight is 413 g/mol. The highest BCUT2D eigenvalue weighted by Gasteiger charge is 2.22. The van der Waals surface area contributed by atoms with Crippen LogP contribution >= 0.6 is 0 Å². The Hall–Kier alpha value is -3.93. The molecule has 5 nitrogen and oxygen atoms in total. The van der Waals surface area contributed by atoms with Crippen molar-refractivity contribution in [1.82, 2.24) is 10.7 Å². The highest BCUT2D eigenvalue weighted by atomic mass is 19.1. The van der Waals surface area contributed by atoms with Gasteiger partial charge in [-0.25, -0.2) is 4.39 Å². The van der Waals surface area contributed by atoms with Crippen molar-refractivity contribution in [3.8, 4) is 22.5 Å². The lowest BCUT2D eigenvalue weighted by Crippen LogP contribution is -2.18. The second-order valence-electron chi connectivity index (χ2n) is 7.46. The van der Waals surface area contributed by atoms with Gasteiger partial charge in [0.15, 0.2) is 0 Å². The van der Waals surface area contributed by atoms with Crippen molar-refractivity contribution < 1.29 is 13.6 Å². The van der Waals surface area contributed by atoms with Gasteiger partial charge in [-0.3, -0.25) is 4.79 Å². The van der Waals surface area contributed by atoms with E-state index in [4.69, 9.17) is 4.42 Å². The van der Waals surface area contributed by atoms with Crippen LogP contribution in [-0.2, 0) is 0 Å². The third kappa shape index (κ3) is 3.46. The first-order valence-corrected chi connectivity index (χ1v) is 10.1. The predicted molar refractivity (Wildman–Crippen MR) is 119 cm³/mol. The van der Waals surface area contributed by atoms with Crippen molar-refractivity contribution in [1.29, 1.82) is 0 Å². The van der Waals surface area contributed by atoms with Crippen molar-refractivity contribution >= 4 is 23.1 Å². The number of halogens is 1. The van der Waals surface area contributed by atoms with Gasteiger partial charge >= 0.3 is 0 Å². The standard InChI is InChI=1S/C25H20FN3O2/c1-27-25(30)23-20-14-17(16-3-2-4-18(13-16)21-11-12-28-29-21)7-10-22(20)31-24(23)15-5-8-19(26)9-6-15/h2-10,12-14,21,29H,11H2,1H3,(H,27,30). The SMILES string of the molecule is CNC(=O)c1c(-c2ccc(F)cc2)oc2ccc(-c3cccc(C4CC=NN4)c3)cc12. The van der Waals surface area contributed by atoms with Crippen LogP contribution in [-0.4, -0.2) is 19.2 Å². The Labute approximate surface area is 178 Å². The van der Waals surface area contributed by atoms with Crippen LogP contribution in [0.3, 0.4) is 0 Å². The molecule has 0 bridgehead atoms. The highest BCUT2D eigenvalue weighted by molar-refractivity contribution is 6.11. The van der Waals surface area contributed by atoms with Crippen LogP contribution in [0.5, 0.6) is 0 Å². The number of hydrogen-bond donors (Lipinski definition) is 2. The van der Waals surface area contributed by atoms with Crippen LogP contribution in [0.15, 0.2) is 76.2 Å². The number of hydrazone groups is 1. The fourth-order valence-electron chi connectivity index (χ4n) is 3.93. The van der Waals surface area contributed by atoms with Gasteiger partial charge in [-0.1, -0.05) is 24.3 Å². The number of nitrogens with zero attached hydrogens (tertiary/aromatic N) is 1. The number of benzene rings is 3. The van der Waals surface area contributed by atoms with Gasteiger partial charge < -0.3 is 15.2 Å². The minimum absolute atomic E-state index is 0.170. The number of hydrogen-bond acceptors (Lipinski definition) is 4. The average Bonchev–Trinajstić information content (AvgIpc) is 3.47. The lowest BCUT2D eigenvalue weighted by atomic mass is 9.97. The molecule has 0 aliphatic carbocycles. The Morgan fingerprint density at radius 1 is 1.06 bits per heavy atom. The first-order valence-electron chi connectivity index (χ1n) is 10.1. The fourth-order valence-corrected chi connectivity index (χ4v) is 3.93. The molecular formula is C25H20FN3O2. The second kappa shape index (κ2) is 7.72. The third-order valence-electron chi connectivity index (χ3n) is 5.53. The minimum atomic E-state index is -0.342. The van der Waals surface area contributed by atoms with Crippen LogP contribution < -0.4 is 10.7 Å². The predicted octanol–water partition coefficient (Wildman–Crippen LogP) is 5.29. The van der Waals surface area contributed by atoms with E-state index in [0.29, 0.717) is 27.9 Å². The van der Waals surface area contributed by atoms with Gasteiger partial charge in [0.25, 0.3) is 5.91 Å². The molecule has 5 rings (SSSR count). The maximum atomic E-state index is 13.4. The molecule has 0 spiro atoms. The normalized spacial score (nSPS) is 15.2. The summed E-state index contributed by atoms with van der Waals surface area (Å²) in [6.07, 6.45) is 2.73. The first kappa shape index (κ1) is 19.1. The van der Waals surface area contributed by atoms with Crippen molar-refractivity contribution in [2.75, 3.05) is 7.05 Å². The van der Waals surface area contributed by atoms with Gasteiger partial charge in [-0.2, -0.15) is 5.10 Å². The maximum Gasteiger partial charge on any atom is 0.255 e. The molecule has 0 radical (unpaired) electrons. The molecule has 1 aromatic heterocycles. The summed E-state index contributed by atoms with van der Waals surface area (Å²) in [4.78, 5) is 12.8. The molecular weight excluding hydrogens is 393 g/mol. The third-order valence-corrected chi connectivity index (χ3v) is 5.53. The fraction of sp³-hybridized carbons (Fsp3) is 0.120. The molecule has 1 unspecified atom stereocenters. The zero-order chi connectivity index (χ0) is 21.4. The Bertz CT molecular complexity index is 1300. The van der Waals surface area contributed by atoms with E-state index in [9.17, 15) is 9.18 Å². The summed E-state index contributed by atoms with van der Waals surface area (Å²) in [7, 11) is 1.58. The summed E-state index contributed by atoms with van der Waals surface area (Å²) >= 11 is 0. The topological polar surface area (TPSA) is 66.6 Å². The Kier molecular flexibility index (Phi) is 4.75. The Morgan fingerprint density at radius 2 is 1.84 bits per heavy atom. The van der Waals surface area contributed by atoms with Gasteiger partial charge in [0, 0.05) is 30.6 Å². The molecule has 2 heterocycles. The van der Waals surface area contributed by atoms with E-state index >= 15 is 0 Å². The number of nitrogens with one attached hydrogen (secondary N) is 2. The molecule has 154 valence electrons. The van der Waals surface area contributed by atoms with E-state index < -0.39 is 0 Å². The van der Waals surface area contributed by atoms with Crippen molar-refractivity contribution in [3.63, 3.8) is 0 Å². The maximum absolute atomic E-state index is 13.4. The number of carbonyl (C=O) groups excluding carboxylic acids is 1. The Morgan fingerprint density at radius 3 is 2.58 bits per heavy atom. The van der Waals surface area contributed by atoms with Gasteiger partial charge in [0.2, 0.25) is 0 Å². The van der Waals surface area contributed by atoms with Crippen LogP contribution in [0.25, 0.3) is 33.4 Å². The van der Waals surface area contributed by atoms with Crippen LogP contribution in [0, 0.1) is 5.82 Å². The smallest absolute Gasteiger partial charge is 0.255 e. The molecule has 0 saturated carbocycles. The van der Waals surface area contributed by atoms with E-state index in [2.05, 4.69) is 28.0 Å². The largest absolute Gasteiger partial charge is 0.455 e. The molecule has 1 aliphatic heterocycles. The van der Waals surface area contributed by atoms with E-state index in [-0.39, 0.29) is 17.8 Å². The van der Waals surface area contributed by atoms with Crippen LogP contribution in [0.4, 0.5) is 4.39 Å². The van der Waals surface area contributed by atoms with Crippen LogP contribution in [0.1, 0.15) is 28.4 Å². The highest BCUT2D eigenvalue weighted by Crippen LogP contribution is 2.36. The lowest BCUT2D eigenvalue weighted by Gasteiger charge is -2.12. The molecule has 2 N–H and O–H groups in total. The summed E-state index contributed by atoms with van der Waals surface area (Å²) in [6.45, 7) is 0. The summed E-state index contributed by atoms with van der Waals surface area (Å²) < 4.78 is 19.4. The molecule has 3 aromatic carbocycles. The molecule has 4 aromatic rings. The number of fused-ring (bicyclic) bond motifs is 1.